The van der Waals surface area contributed by atoms with Crippen LogP contribution in [0.4, 0.5) is 4.39 Å². The molecule has 0 aliphatic heterocycles. The Morgan fingerprint density at radius 3 is 2.52 bits per heavy atom. The number of ether oxygens (including phenoxy) is 3. The number of hydrogen-bond acceptors (Lipinski definition) is 6. The summed E-state index contributed by atoms with van der Waals surface area (Å²) in [5.74, 6) is -0.377. The summed E-state index contributed by atoms with van der Waals surface area (Å²) in [6, 6.07) is 10.2. The zero-order valence-corrected chi connectivity index (χ0v) is 14.5. The van der Waals surface area contributed by atoms with Crippen LogP contribution in [-0.2, 0) is 9.59 Å². The molecule has 3 N–H and O–H groups in total. The van der Waals surface area contributed by atoms with Gasteiger partial charge in [-0.25, -0.2) is 9.82 Å². The van der Waals surface area contributed by atoms with E-state index in [9.17, 15) is 14.0 Å². The lowest BCUT2D eigenvalue weighted by molar-refractivity contribution is -0.123. The van der Waals surface area contributed by atoms with Crippen LogP contribution >= 0.6 is 0 Å². The molecule has 0 radical (unpaired) electrons. The van der Waals surface area contributed by atoms with Crippen molar-refractivity contribution in [3.05, 3.63) is 53.8 Å². The summed E-state index contributed by atoms with van der Waals surface area (Å²) >= 11 is 0. The summed E-state index contributed by atoms with van der Waals surface area (Å²) in [7, 11) is 1.45. The van der Waals surface area contributed by atoms with Crippen molar-refractivity contribution in [2.45, 2.75) is 0 Å². The summed E-state index contributed by atoms with van der Waals surface area (Å²) in [5, 5.41) is 3.81. The molecular formula is C18H18FN3O5. The zero-order valence-electron chi connectivity index (χ0n) is 14.5. The number of amides is 2. The minimum Gasteiger partial charge on any atom is -0.493 e. The highest BCUT2D eigenvalue weighted by Crippen LogP contribution is 2.27. The fourth-order valence-electron chi connectivity index (χ4n) is 1.92. The summed E-state index contributed by atoms with van der Waals surface area (Å²) in [6.07, 6.45) is 1.40. The van der Waals surface area contributed by atoms with Crippen molar-refractivity contribution in [1.82, 2.24) is 5.43 Å². The molecule has 2 aromatic carbocycles. The van der Waals surface area contributed by atoms with Gasteiger partial charge in [0.05, 0.1) is 13.3 Å². The van der Waals surface area contributed by atoms with Crippen LogP contribution in [-0.4, -0.2) is 38.4 Å². The van der Waals surface area contributed by atoms with Crippen LogP contribution < -0.4 is 25.4 Å². The lowest BCUT2D eigenvalue weighted by atomic mass is 10.2. The second-order valence-corrected chi connectivity index (χ2v) is 5.20. The number of primary amides is 1. The smallest absolute Gasteiger partial charge is 0.277 e. The van der Waals surface area contributed by atoms with Gasteiger partial charge in [0.15, 0.2) is 24.7 Å². The SMILES string of the molecule is COc1cc(/C=N\NC(=O)COc2ccc(F)cc2)ccc1OCC(N)=O. The summed E-state index contributed by atoms with van der Waals surface area (Å²) < 4.78 is 28.4. The molecular weight excluding hydrogens is 357 g/mol. The molecule has 142 valence electrons. The van der Waals surface area contributed by atoms with E-state index in [1.165, 1.54) is 37.6 Å². The number of rotatable bonds is 9. The molecule has 0 saturated heterocycles. The fraction of sp³-hybridized carbons (Fsp3) is 0.167. The minimum atomic E-state index is -0.603. The standard InChI is InChI=1S/C18H18FN3O5/c1-25-16-8-12(2-7-15(16)27-10-17(20)23)9-21-22-18(24)11-26-14-5-3-13(19)4-6-14/h2-9H,10-11H2,1H3,(H2,20,23)(H,22,24)/b21-9-. The van der Waals surface area contributed by atoms with E-state index in [-0.39, 0.29) is 13.2 Å². The first-order chi connectivity index (χ1) is 13.0. The number of nitrogens with two attached hydrogens (primary N) is 1. The monoisotopic (exact) mass is 375 g/mol. The molecule has 27 heavy (non-hydrogen) atoms. The first-order valence-corrected chi connectivity index (χ1v) is 7.77. The topological polar surface area (TPSA) is 112 Å². The van der Waals surface area contributed by atoms with Crippen LogP contribution in [0, 0.1) is 5.82 Å². The Balaban J connectivity index is 1.86. The predicted octanol–water partition coefficient (Wildman–Crippen LogP) is 1.23. The Labute approximate surface area is 154 Å². The van der Waals surface area contributed by atoms with Gasteiger partial charge in [0, 0.05) is 0 Å². The van der Waals surface area contributed by atoms with E-state index in [0.29, 0.717) is 22.8 Å². The molecule has 9 heteroatoms. The van der Waals surface area contributed by atoms with Crippen molar-refractivity contribution in [2.75, 3.05) is 20.3 Å². The third-order valence-electron chi connectivity index (χ3n) is 3.14. The molecule has 8 nitrogen and oxygen atoms in total. The Kier molecular flexibility index (Phi) is 7.12. The van der Waals surface area contributed by atoms with Gasteiger partial charge in [-0.05, 0) is 48.0 Å². The first-order valence-electron chi connectivity index (χ1n) is 7.77. The quantitative estimate of drug-likeness (QED) is 0.506. The molecule has 0 bridgehead atoms. The molecule has 0 unspecified atom stereocenters. The average Bonchev–Trinajstić information content (AvgIpc) is 2.66. The maximum absolute atomic E-state index is 12.8. The van der Waals surface area contributed by atoms with E-state index in [1.807, 2.05) is 0 Å². The number of nitrogens with zero attached hydrogens (tertiary/aromatic N) is 1. The van der Waals surface area contributed by atoms with Crippen LogP contribution in [0.25, 0.3) is 0 Å². The Bertz CT molecular complexity index is 824. The number of halogens is 1. The molecule has 2 aromatic rings. The van der Waals surface area contributed by atoms with Crippen molar-refractivity contribution in [3.8, 4) is 17.2 Å². The van der Waals surface area contributed by atoms with Crippen molar-refractivity contribution in [1.29, 1.82) is 0 Å². The van der Waals surface area contributed by atoms with Crippen LogP contribution in [0.3, 0.4) is 0 Å². The lowest BCUT2D eigenvalue weighted by Crippen LogP contribution is -2.24. The predicted molar refractivity (Wildman–Crippen MR) is 95.3 cm³/mol. The van der Waals surface area contributed by atoms with Crippen molar-refractivity contribution in [2.24, 2.45) is 10.8 Å². The maximum atomic E-state index is 12.8. The zero-order chi connectivity index (χ0) is 19.6. The third kappa shape index (κ3) is 6.65. The second-order valence-electron chi connectivity index (χ2n) is 5.20. The highest BCUT2D eigenvalue weighted by molar-refractivity contribution is 5.83. The second kappa shape index (κ2) is 9.76. The summed E-state index contributed by atoms with van der Waals surface area (Å²) in [4.78, 5) is 22.5. The van der Waals surface area contributed by atoms with Gasteiger partial charge in [-0.1, -0.05) is 0 Å². The summed E-state index contributed by atoms with van der Waals surface area (Å²) in [5.41, 5.74) is 7.96. The Morgan fingerprint density at radius 2 is 1.85 bits per heavy atom. The molecule has 2 rings (SSSR count). The number of nitrogens with one attached hydrogen (secondary N) is 1. The van der Waals surface area contributed by atoms with Crippen molar-refractivity contribution in [3.63, 3.8) is 0 Å². The van der Waals surface area contributed by atoms with Gasteiger partial charge >= 0.3 is 0 Å². The molecule has 0 fully saturated rings. The van der Waals surface area contributed by atoms with Crippen molar-refractivity contribution >= 4 is 18.0 Å². The van der Waals surface area contributed by atoms with Crippen LogP contribution in [0.2, 0.25) is 0 Å². The van der Waals surface area contributed by atoms with Gasteiger partial charge in [-0.3, -0.25) is 9.59 Å². The number of carbonyl (C=O) groups excluding carboxylic acids is 2. The average molecular weight is 375 g/mol. The molecule has 2 amide bonds. The van der Waals surface area contributed by atoms with Gasteiger partial charge < -0.3 is 19.9 Å². The van der Waals surface area contributed by atoms with Gasteiger partial charge in [0.1, 0.15) is 11.6 Å². The lowest BCUT2D eigenvalue weighted by Gasteiger charge is -2.09. The van der Waals surface area contributed by atoms with Gasteiger partial charge in [0.25, 0.3) is 11.8 Å². The van der Waals surface area contributed by atoms with Crippen LogP contribution in [0.5, 0.6) is 17.2 Å². The number of methoxy groups -OCH3 is 1. The van der Waals surface area contributed by atoms with E-state index in [0.717, 1.165) is 0 Å². The molecule has 0 spiro atoms. The third-order valence-corrected chi connectivity index (χ3v) is 3.14. The molecule has 0 aromatic heterocycles. The molecule has 0 aliphatic carbocycles. The summed E-state index contributed by atoms with van der Waals surface area (Å²) in [6.45, 7) is -0.542. The van der Waals surface area contributed by atoms with Crippen LogP contribution in [0.1, 0.15) is 5.56 Å². The molecule has 0 atom stereocenters. The first kappa shape index (κ1) is 19.7. The van der Waals surface area contributed by atoms with E-state index < -0.39 is 17.6 Å². The molecule has 0 heterocycles. The Morgan fingerprint density at radius 1 is 1.11 bits per heavy atom. The van der Waals surface area contributed by atoms with E-state index in [4.69, 9.17) is 19.9 Å². The highest BCUT2D eigenvalue weighted by atomic mass is 19.1. The minimum absolute atomic E-state index is 0.270. The number of benzene rings is 2. The van der Waals surface area contributed by atoms with E-state index in [1.54, 1.807) is 18.2 Å². The molecule has 0 aliphatic rings. The van der Waals surface area contributed by atoms with Gasteiger partial charge in [-0.2, -0.15) is 5.10 Å². The van der Waals surface area contributed by atoms with E-state index in [2.05, 4.69) is 10.5 Å². The Hall–Kier alpha value is -3.62. The normalized spacial score (nSPS) is 10.4. The van der Waals surface area contributed by atoms with Crippen LogP contribution in [0.15, 0.2) is 47.6 Å². The van der Waals surface area contributed by atoms with Gasteiger partial charge in [-0.15, -0.1) is 0 Å². The highest BCUT2D eigenvalue weighted by Gasteiger charge is 2.07. The van der Waals surface area contributed by atoms with Crippen molar-refractivity contribution < 1.29 is 28.2 Å². The number of hydrogen-bond donors (Lipinski definition) is 2. The van der Waals surface area contributed by atoms with Gasteiger partial charge in [0.2, 0.25) is 0 Å². The van der Waals surface area contributed by atoms with E-state index >= 15 is 0 Å². The molecule has 0 saturated carbocycles. The maximum Gasteiger partial charge on any atom is 0.277 e. The number of hydrazone groups is 1. The fourth-order valence-corrected chi connectivity index (χ4v) is 1.92. The largest absolute Gasteiger partial charge is 0.493 e. The number of carbonyl (C=O) groups is 2.